The molecule has 1 aromatic rings. The summed E-state index contributed by atoms with van der Waals surface area (Å²) in [4.78, 5) is 23.8. The number of hydrogen-bond acceptors (Lipinski definition) is 3. The Labute approximate surface area is 158 Å². The van der Waals surface area contributed by atoms with Crippen molar-refractivity contribution < 1.29 is 19.4 Å². The van der Waals surface area contributed by atoms with E-state index in [1.54, 1.807) is 12.1 Å². The highest BCUT2D eigenvalue weighted by Gasteiger charge is 2.20. The third-order valence-corrected chi connectivity index (χ3v) is 4.59. The van der Waals surface area contributed by atoms with Crippen LogP contribution in [-0.2, 0) is 4.74 Å². The smallest absolute Gasteiger partial charge is 0.339 e. The zero-order valence-corrected chi connectivity index (χ0v) is 16.5. The van der Waals surface area contributed by atoms with Crippen molar-refractivity contribution in [1.82, 2.24) is 0 Å². The molecule has 0 aromatic heterocycles. The molecule has 146 valence electrons. The molecule has 4 heteroatoms. The van der Waals surface area contributed by atoms with Gasteiger partial charge in [-0.25, -0.2) is 9.59 Å². The quantitative estimate of drug-likeness (QED) is 0.340. The van der Waals surface area contributed by atoms with Gasteiger partial charge in [-0.2, -0.15) is 0 Å². The zero-order valence-electron chi connectivity index (χ0n) is 16.5. The first-order valence-corrected chi connectivity index (χ1v) is 9.99. The number of hydrogen-bond donors (Lipinski definition) is 1. The molecule has 0 aliphatic heterocycles. The highest BCUT2D eigenvalue weighted by atomic mass is 16.5. The van der Waals surface area contributed by atoms with Crippen LogP contribution in [0.1, 0.15) is 99.3 Å². The lowest BCUT2D eigenvalue weighted by Gasteiger charge is -2.18. The van der Waals surface area contributed by atoms with Gasteiger partial charge in [-0.1, -0.05) is 71.4 Å². The van der Waals surface area contributed by atoms with Crippen LogP contribution in [0.2, 0.25) is 0 Å². The Morgan fingerprint density at radius 2 is 1.50 bits per heavy atom. The molecular weight excluding hydrogens is 328 g/mol. The van der Waals surface area contributed by atoms with Crippen LogP contribution in [0.5, 0.6) is 0 Å². The monoisotopic (exact) mass is 362 g/mol. The van der Waals surface area contributed by atoms with Crippen molar-refractivity contribution in [2.45, 2.75) is 84.7 Å². The van der Waals surface area contributed by atoms with E-state index < -0.39 is 11.9 Å². The molecule has 0 bridgehead atoms. The van der Waals surface area contributed by atoms with Crippen molar-refractivity contribution in [3.05, 3.63) is 35.4 Å². The molecule has 1 aromatic carbocycles. The second-order valence-corrected chi connectivity index (χ2v) is 7.41. The van der Waals surface area contributed by atoms with E-state index in [0.29, 0.717) is 0 Å². The standard InChI is InChI=1S/C22H34O4/c1-4-5-13-18(14-9-7-6-8-12-17(2)3)26-22(25)20-16-11-10-15-19(20)21(23)24/h10-11,15-18H,4-9,12-14H2,1-3H3,(H,23,24). The van der Waals surface area contributed by atoms with Gasteiger partial charge in [0.05, 0.1) is 11.1 Å². The highest BCUT2D eigenvalue weighted by molar-refractivity contribution is 6.02. The Bertz CT molecular complexity index is 551. The minimum Gasteiger partial charge on any atom is -0.478 e. The maximum Gasteiger partial charge on any atom is 0.339 e. The molecule has 0 heterocycles. The number of carboxylic acid groups (broad SMARTS) is 1. The van der Waals surface area contributed by atoms with Crippen molar-refractivity contribution in [3.63, 3.8) is 0 Å². The molecule has 1 unspecified atom stereocenters. The summed E-state index contributed by atoms with van der Waals surface area (Å²) in [6.07, 6.45) is 9.54. The normalized spacial score (nSPS) is 12.2. The molecule has 1 rings (SSSR count). The van der Waals surface area contributed by atoms with Gasteiger partial charge < -0.3 is 9.84 Å². The van der Waals surface area contributed by atoms with E-state index >= 15 is 0 Å². The molecule has 0 amide bonds. The first-order chi connectivity index (χ1) is 12.5. The van der Waals surface area contributed by atoms with Crippen molar-refractivity contribution in [1.29, 1.82) is 0 Å². The summed E-state index contributed by atoms with van der Waals surface area (Å²) in [6.45, 7) is 6.61. The van der Waals surface area contributed by atoms with E-state index in [-0.39, 0.29) is 17.2 Å². The molecular formula is C22H34O4. The number of unbranched alkanes of at least 4 members (excludes halogenated alkanes) is 4. The molecule has 26 heavy (non-hydrogen) atoms. The highest BCUT2D eigenvalue weighted by Crippen LogP contribution is 2.19. The lowest BCUT2D eigenvalue weighted by Crippen LogP contribution is -2.20. The summed E-state index contributed by atoms with van der Waals surface area (Å²) in [5.74, 6) is -0.876. The lowest BCUT2D eigenvalue weighted by atomic mass is 10.0. The summed E-state index contributed by atoms with van der Waals surface area (Å²) in [5, 5.41) is 9.25. The van der Waals surface area contributed by atoms with Gasteiger partial charge in [0.1, 0.15) is 6.10 Å². The molecule has 1 atom stereocenters. The average Bonchev–Trinajstić information content (AvgIpc) is 2.61. The summed E-state index contributed by atoms with van der Waals surface area (Å²) in [5.41, 5.74) is 0.138. The van der Waals surface area contributed by atoms with Crippen molar-refractivity contribution in [3.8, 4) is 0 Å². The number of esters is 1. The molecule has 0 aliphatic carbocycles. The van der Waals surface area contributed by atoms with Crippen molar-refractivity contribution in [2.24, 2.45) is 5.92 Å². The van der Waals surface area contributed by atoms with Crippen LogP contribution in [-0.4, -0.2) is 23.1 Å². The van der Waals surface area contributed by atoms with E-state index in [0.717, 1.165) is 44.4 Å². The topological polar surface area (TPSA) is 63.6 Å². The van der Waals surface area contributed by atoms with Gasteiger partial charge in [0.2, 0.25) is 0 Å². The van der Waals surface area contributed by atoms with E-state index in [9.17, 15) is 14.7 Å². The molecule has 0 fully saturated rings. The SMILES string of the molecule is CCCCC(CCCCCCC(C)C)OC(=O)c1ccccc1C(=O)O. The molecule has 0 aliphatic rings. The van der Waals surface area contributed by atoms with Gasteiger partial charge in [-0.3, -0.25) is 0 Å². The molecule has 0 spiro atoms. The summed E-state index contributed by atoms with van der Waals surface area (Å²) >= 11 is 0. The first kappa shape index (κ1) is 22.2. The Morgan fingerprint density at radius 1 is 0.923 bits per heavy atom. The Hall–Kier alpha value is -1.84. The fourth-order valence-electron chi connectivity index (χ4n) is 3.03. The Morgan fingerprint density at radius 3 is 2.08 bits per heavy atom. The van der Waals surface area contributed by atoms with Crippen LogP contribution in [0.25, 0.3) is 0 Å². The van der Waals surface area contributed by atoms with Crippen LogP contribution in [0.15, 0.2) is 24.3 Å². The zero-order chi connectivity index (χ0) is 19.4. The largest absolute Gasteiger partial charge is 0.478 e. The van der Waals surface area contributed by atoms with Crippen molar-refractivity contribution >= 4 is 11.9 Å². The van der Waals surface area contributed by atoms with Crippen LogP contribution in [0, 0.1) is 5.92 Å². The number of carbonyl (C=O) groups is 2. The fourth-order valence-corrected chi connectivity index (χ4v) is 3.03. The number of benzene rings is 1. The lowest BCUT2D eigenvalue weighted by molar-refractivity contribution is 0.0245. The Kier molecular flexibility index (Phi) is 10.7. The number of rotatable bonds is 13. The van der Waals surface area contributed by atoms with Crippen LogP contribution in [0.4, 0.5) is 0 Å². The summed E-state index contributed by atoms with van der Waals surface area (Å²) < 4.78 is 5.67. The third-order valence-electron chi connectivity index (χ3n) is 4.59. The number of ether oxygens (including phenoxy) is 1. The predicted octanol–water partition coefficient (Wildman–Crippen LogP) is 6.10. The van der Waals surface area contributed by atoms with E-state index in [1.165, 1.54) is 31.4 Å². The van der Waals surface area contributed by atoms with Crippen LogP contribution in [0.3, 0.4) is 0 Å². The minimum absolute atomic E-state index is 0.000395. The first-order valence-electron chi connectivity index (χ1n) is 9.99. The molecule has 1 N–H and O–H groups in total. The summed E-state index contributed by atoms with van der Waals surface area (Å²) in [6, 6.07) is 6.24. The molecule has 4 nitrogen and oxygen atoms in total. The van der Waals surface area contributed by atoms with Crippen LogP contribution >= 0.6 is 0 Å². The minimum atomic E-state index is -1.10. The second-order valence-electron chi connectivity index (χ2n) is 7.41. The molecule has 0 saturated carbocycles. The van der Waals surface area contributed by atoms with Gasteiger partial charge in [-0.05, 0) is 37.3 Å². The molecule has 0 radical (unpaired) electrons. The average molecular weight is 363 g/mol. The number of aromatic carboxylic acids is 1. The second kappa shape index (κ2) is 12.5. The van der Waals surface area contributed by atoms with Gasteiger partial charge in [0.25, 0.3) is 0 Å². The fraction of sp³-hybridized carbons (Fsp3) is 0.636. The van der Waals surface area contributed by atoms with E-state index in [4.69, 9.17) is 4.74 Å². The Balaban J connectivity index is 2.55. The molecule has 0 saturated heterocycles. The maximum absolute atomic E-state index is 12.5. The van der Waals surface area contributed by atoms with E-state index in [2.05, 4.69) is 20.8 Å². The number of carbonyl (C=O) groups excluding carboxylic acids is 1. The van der Waals surface area contributed by atoms with Gasteiger partial charge in [0, 0.05) is 0 Å². The predicted molar refractivity (Wildman–Crippen MR) is 105 cm³/mol. The third kappa shape index (κ3) is 8.50. The van der Waals surface area contributed by atoms with Gasteiger partial charge in [-0.15, -0.1) is 0 Å². The van der Waals surface area contributed by atoms with Crippen LogP contribution < -0.4 is 0 Å². The summed E-state index contributed by atoms with van der Waals surface area (Å²) in [7, 11) is 0. The van der Waals surface area contributed by atoms with Crippen molar-refractivity contribution in [2.75, 3.05) is 0 Å². The number of carboxylic acids is 1. The maximum atomic E-state index is 12.5. The van der Waals surface area contributed by atoms with E-state index in [1.807, 2.05) is 0 Å². The van der Waals surface area contributed by atoms with Gasteiger partial charge in [0.15, 0.2) is 0 Å². The van der Waals surface area contributed by atoms with Gasteiger partial charge >= 0.3 is 11.9 Å².